The highest BCUT2D eigenvalue weighted by Gasteiger charge is 2.25. The number of nitrogens with two attached hydrogens (primary N) is 1. The smallest absolute Gasteiger partial charge is 0.188 e. The van der Waals surface area contributed by atoms with Crippen molar-refractivity contribution in [3.05, 3.63) is 0 Å². The highest BCUT2D eigenvalue weighted by Crippen LogP contribution is 2.30. The number of rotatable bonds is 8. The Kier molecular flexibility index (Phi) is 10.4. The minimum atomic E-state index is 0. The lowest BCUT2D eigenvalue weighted by Gasteiger charge is -2.23. The highest BCUT2D eigenvalue weighted by molar-refractivity contribution is 14.0. The Morgan fingerprint density at radius 1 is 1.32 bits per heavy atom. The topological polar surface area (TPSA) is 68.9 Å². The number of aliphatic imine (C=N–C) groups is 1. The summed E-state index contributed by atoms with van der Waals surface area (Å²) in [7, 11) is 0. The SMILES string of the molecule is CCOC(CCNC(N)=NCC1CCCO1)C1CCCC1.I. The summed E-state index contributed by atoms with van der Waals surface area (Å²) in [4.78, 5) is 4.36. The van der Waals surface area contributed by atoms with Crippen LogP contribution in [0, 0.1) is 5.92 Å². The molecule has 0 aromatic rings. The van der Waals surface area contributed by atoms with Crippen molar-refractivity contribution in [3.8, 4) is 0 Å². The molecular weight excluding hydrogens is 393 g/mol. The van der Waals surface area contributed by atoms with E-state index in [1.165, 1.54) is 25.7 Å². The van der Waals surface area contributed by atoms with E-state index in [1.807, 2.05) is 0 Å². The third kappa shape index (κ3) is 7.00. The molecule has 2 rings (SSSR count). The van der Waals surface area contributed by atoms with Crippen molar-refractivity contribution in [2.24, 2.45) is 16.6 Å². The fourth-order valence-electron chi connectivity index (χ4n) is 3.39. The number of guanidine groups is 1. The molecule has 0 radical (unpaired) electrons. The monoisotopic (exact) mass is 425 g/mol. The molecule has 2 unspecified atom stereocenters. The standard InChI is InChI=1S/C16H31N3O2.HI/c1-2-20-15(13-6-3-4-7-13)9-10-18-16(17)19-12-14-8-5-11-21-14;/h13-15H,2-12H2,1H3,(H3,17,18,19);1H. The Morgan fingerprint density at radius 3 is 2.73 bits per heavy atom. The van der Waals surface area contributed by atoms with E-state index in [2.05, 4.69) is 17.2 Å². The van der Waals surface area contributed by atoms with Gasteiger partial charge in [0.1, 0.15) is 0 Å². The minimum absolute atomic E-state index is 0. The van der Waals surface area contributed by atoms with Crippen LogP contribution in [0.2, 0.25) is 0 Å². The fourth-order valence-corrected chi connectivity index (χ4v) is 3.39. The van der Waals surface area contributed by atoms with Gasteiger partial charge < -0.3 is 20.5 Å². The average molecular weight is 425 g/mol. The lowest BCUT2D eigenvalue weighted by Crippen LogP contribution is -2.36. The van der Waals surface area contributed by atoms with Gasteiger partial charge in [0.2, 0.25) is 0 Å². The summed E-state index contributed by atoms with van der Waals surface area (Å²) in [6.45, 7) is 5.25. The van der Waals surface area contributed by atoms with Crippen LogP contribution < -0.4 is 11.1 Å². The molecular formula is C16H32IN3O2. The van der Waals surface area contributed by atoms with Gasteiger partial charge in [-0.25, -0.2) is 0 Å². The van der Waals surface area contributed by atoms with Crippen LogP contribution in [0.3, 0.4) is 0 Å². The van der Waals surface area contributed by atoms with E-state index >= 15 is 0 Å². The molecule has 2 atom stereocenters. The van der Waals surface area contributed by atoms with Gasteiger partial charge in [-0.3, -0.25) is 4.99 Å². The zero-order chi connectivity index (χ0) is 14.9. The Bertz CT molecular complexity index is 317. The molecule has 22 heavy (non-hydrogen) atoms. The van der Waals surface area contributed by atoms with E-state index in [1.54, 1.807) is 0 Å². The summed E-state index contributed by atoms with van der Waals surface area (Å²) in [6.07, 6.45) is 9.22. The van der Waals surface area contributed by atoms with Gasteiger partial charge in [0.25, 0.3) is 0 Å². The first-order valence-corrected chi connectivity index (χ1v) is 8.56. The molecule has 0 aromatic carbocycles. The number of nitrogens with zero attached hydrogens (tertiary/aromatic N) is 1. The Morgan fingerprint density at radius 2 is 2.09 bits per heavy atom. The average Bonchev–Trinajstić information content (AvgIpc) is 3.17. The molecule has 5 nitrogen and oxygen atoms in total. The molecule has 2 aliphatic rings. The van der Waals surface area contributed by atoms with Crippen LogP contribution in [0.1, 0.15) is 51.9 Å². The molecule has 1 aliphatic heterocycles. The maximum atomic E-state index is 5.91. The predicted molar refractivity (Wildman–Crippen MR) is 101 cm³/mol. The molecule has 2 fully saturated rings. The molecule has 1 heterocycles. The summed E-state index contributed by atoms with van der Waals surface area (Å²) < 4.78 is 11.4. The van der Waals surface area contributed by atoms with Gasteiger partial charge in [-0.05, 0) is 44.9 Å². The minimum Gasteiger partial charge on any atom is -0.378 e. The second-order valence-corrected chi connectivity index (χ2v) is 6.11. The van der Waals surface area contributed by atoms with Crippen molar-refractivity contribution >= 4 is 29.9 Å². The van der Waals surface area contributed by atoms with Gasteiger partial charge in [-0.15, -0.1) is 24.0 Å². The number of hydrogen-bond donors (Lipinski definition) is 2. The van der Waals surface area contributed by atoms with Crippen molar-refractivity contribution in [1.29, 1.82) is 0 Å². The van der Waals surface area contributed by atoms with Crippen LogP contribution in [-0.2, 0) is 9.47 Å². The van der Waals surface area contributed by atoms with Gasteiger partial charge in [-0.2, -0.15) is 0 Å². The van der Waals surface area contributed by atoms with Gasteiger partial charge in [0, 0.05) is 19.8 Å². The number of hydrogen-bond acceptors (Lipinski definition) is 3. The maximum Gasteiger partial charge on any atom is 0.188 e. The molecule has 0 bridgehead atoms. The summed E-state index contributed by atoms with van der Waals surface area (Å²) >= 11 is 0. The van der Waals surface area contributed by atoms with Gasteiger partial charge >= 0.3 is 0 Å². The summed E-state index contributed by atoms with van der Waals surface area (Å²) in [5.74, 6) is 1.27. The third-order valence-electron chi connectivity index (χ3n) is 4.53. The summed E-state index contributed by atoms with van der Waals surface area (Å²) in [5.41, 5.74) is 5.91. The van der Waals surface area contributed by atoms with Crippen molar-refractivity contribution in [2.75, 3.05) is 26.3 Å². The van der Waals surface area contributed by atoms with E-state index in [0.717, 1.165) is 44.9 Å². The predicted octanol–water partition coefficient (Wildman–Crippen LogP) is 2.67. The van der Waals surface area contributed by atoms with Crippen LogP contribution >= 0.6 is 24.0 Å². The molecule has 1 saturated carbocycles. The first-order chi connectivity index (χ1) is 10.3. The van der Waals surface area contributed by atoms with Crippen LogP contribution in [0.25, 0.3) is 0 Å². The molecule has 3 N–H and O–H groups in total. The quantitative estimate of drug-likeness (QED) is 0.357. The molecule has 0 spiro atoms. The molecule has 0 aromatic heterocycles. The highest BCUT2D eigenvalue weighted by atomic mass is 127. The van der Waals surface area contributed by atoms with E-state index in [9.17, 15) is 0 Å². The first kappa shape index (κ1) is 20.0. The Balaban J connectivity index is 0.00000242. The number of halogens is 1. The lowest BCUT2D eigenvalue weighted by molar-refractivity contribution is 0.0170. The molecule has 6 heteroatoms. The largest absolute Gasteiger partial charge is 0.378 e. The Hall–Kier alpha value is -0.0800. The number of ether oxygens (including phenoxy) is 2. The molecule has 1 aliphatic carbocycles. The number of nitrogens with one attached hydrogen (secondary N) is 1. The van der Waals surface area contributed by atoms with Crippen molar-refractivity contribution in [2.45, 2.75) is 64.1 Å². The van der Waals surface area contributed by atoms with Crippen LogP contribution in [0.15, 0.2) is 4.99 Å². The normalized spacial score (nSPS) is 24.2. The summed E-state index contributed by atoms with van der Waals surface area (Å²) in [5, 5.41) is 3.21. The molecule has 0 amide bonds. The van der Waals surface area contributed by atoms with Gasteiger partial charge in [0.05, 0.1) is 18.8 Å². The lowest BCUT2D eigenvalue weighted by atomic mass is 9.98. The fraction of sp³-hybridized carbons (Fsp3) is 0.938. The zero-order valence-electron chi connectivity index (χ0n) is 13.8. The third-order valence-corrected chi connectivity index (χ3v) is 4.53. The van der Waals surface area contributed by atoms with Crippen LogP contribution in [0.4, 0.5) is 0 Å². The van der Waals surface area contributed by atoms with E-state index in [4.69, 9.17) is 15.2 Å². The zero-order valence-corrected chi connectivity index (χ0v) is 16.1. The van der Waals surface area contributed by atoms with E-state index in [0.29, 0.717) is 18.6 Å². The van der Waals surface area contributed by atoms with Crippen molar-refractivity contribution < 1.29 is 9.47 Å². The van der Waals surface area contributed by atoms with Gasteiger partial charge in [-0.1, -0.05) is 12.8 Å². The Labute approximate surface area is 151 Å². The van der Waals surface area contributed by atoms with Crippen molar-refractivity contribution in [1.82, 2.24) is 5.32 Å². The maximum absolute atomic E-state index is 5.91. The summed E-state index contributed by atoms with van der Waals surface area (Å²) in [6, 6.07) is 0. The second kappa shape index (κ2) is 11.5. The van der Waals surface area contributed by atoms with E-state index < -0.39 is 0 Å². The van der Waals surface area contributed by atoms with Crippen molar-refractivity contribution in [3.63, 3.8) is 0 Å². The molecule has 1 saturated heterocycles. The molecule has 130 valence electrons. The second-order valence-electron chi connectivity index (χ2n) is 6.11. The first-order valence-electron chi connectivity index (χ1n) is 8.56. The van der Waals surface area contributed by atoms with Crippen LogP contribution in [-0.4, -0.2) is 44.5 Å². The van der Waals surface area contributed by atoms with Crippen LogP contribution in [0.5, 0.6) is 0 Å². The van der Waals surface area contributed by atoms with Gasteiger partial charge in [0.15, 0.2) is 5.96 Å². The van der Waals surface area contributed by atoms with E-state index in [-0.39, 0.29) is 30.1 Å².